The van der Waals surface area contributed by atoms with E-state index in [1.165, 1.54) is 0 Å². The van der Waals surface area contributed by atoms with Gasteiger partial charge in [0.05, 0.1) is 24.2 Å². The van der Waals surface area contributed by atoms with Gasteiger partial charge in [-0.1, -0.05) is 22.4 Å². The molecule has 1 aliphatic carbocycles. The van der Waals surface area contributed by atoms with Crippen molar-refractivity contribution >= 4 is 27.8 Å². The molecule has 3 heterocycles. The Kier molecular flexibility index (Phi) is 3.17. The summed E-state index contributed by atoms with van der Waals surface area (Å²) in [6.07, 6.45) is 2.64. The number of epoxide rings is 1. The average Bonchev–Trinajstić information content (AvgIpc) is 3.25. The standard InChI is InChI=1S/C15H20BrNO5/c1-14-8(5-6-16)12(19)17-15(14,13(20)22-14)11(18)7-3-2-4-9-10(7)21-9/h7-11,18H,2-6H2,1H3,(H,17,19)/t7?,8-,9?,10?,11?,14-,15-/m0/s1. The number of nitrogens with one attached hydrogen (secondary N) is 1. The fourth-order valence-corrected chi connectivity index (χ4v) is 5.17. The Balaban J connectivity index is 1.66. The normalized spacial score (nSPS) is 50.3. The first-order valence-electron chi connectivity index (χ1n) is 7.90. The molecule has 4 rings (SSSR count). The van der Waals surface area contributed by atoms with Crippen LogP contribution in [0.15, 0.2) is 0 Å². The summed E-state index contributed by atoms with van der Waals surface area (Å²) < 4.78 is 11.0. The molecule has 4 aliphatic rings. The van der Waals surface area contributed by atoms with Crippen molar-refractivity contribution in [1.82, 2.24) is 5.32 Å². The summed E-state index contributed by atoms with van der Waals surface area (Å²) in [5.41, 5.74) is -2.29. The zero-order chi connectivity index (χ0) is 15.7. The van der Waals surface area contributed by atoms with Gasteiger partial charge in [0.25, 0.3) is 0 Å². The molecule has 0 spiro atoms. The van der Waals surface area contributed by atoms with Crippen molar-refractivity contribution in [3.8, 4) is 0 Å². The Morgan fingerprint density at radius 1 is 1.45 bits per heavy atom. The minimum Gasteiger partial charge on any atom is -0.453 e. The molecular weight excluding hydrogens is 354 g/mol. The van der Waals surface area contributed by atoms with Crippen molar-refractivity contribution in [3.63, 3.8) is 0 Å². The van der Waals surface area contributed by atoms with Crippen LogP contribution in [-0.4, -0.2) is 51.8 Å². The topological polar surface area (TPSA) is 88.2 Å². The van der Waals surface area contributed by atoms with E-state index >= 15 is 0 Å². The van der Waals surface area contributed by atoms with E-state index in [1.54, 1.807) is 6.92 Å². The Morgan fingerprint density at radius 3 is 2.91 bits per heavy atom. The lowest BCUT2D eigenvalue weighted by Crippen LogP contribution is -2.80. The number of aliphatic hydroxyl groups excluding tert-OH is 1. The second-order valence-electron chi connectivity index (χ2n) is 7.00. The summed E-state index contributed by atoms with van der Waals surface area (Å²) in [4.78, 5) is 24.6. The number of fused-ring (bicyclic) bond motifs is 2. The van der Waals surface area contributed by atoms with Gasteiger partial charge in [-0.3, -0.25) is 4.79 Å². The maximum Gasteiger partial charge on any atom is 0.339 e. The highest BCUT2D eigenvalue weighted by atomic mass is 79.9. The van der Waals surface area contributed by atoms with Gasteiger partial charge >= 0.3 is 5.97 Å². The van der Waals surface area contributed by atoms with E-state index < -0.39 is 29.1 Å². The zero-order valence-electron chi connectivity index (χ0n) is 12.4. The van der Waals surface area contributed by atoms with Crippen LogP contribution in [0.1, 0.15) is 32.6 Å². The van der Waals surface area contributed by atoms with Crippen LogP contribution in [0.5, 0.6) is 0 Å². The van der Waals surface area contributed by atoms with Gasteiger partial charge in [-0.15, -0.1) is 0 Å². The second-order valence-corrected chi connectivity index (χ2v) is 7.80. The molecule has 1 amide bonds. The summed E-state index contributed by atoms with van der Waals surface area (Å²) >= 11 is 3.34. The van der Waals surface area contributed by atoms with Crippen molar-refractivity contribution in [2.75, 3.05) is 5.33 Å². The minimum absolute atomic E-state index is 0.0166. The molecule has 3 saturated heterocycles. The quantitative estimate of drug-likeness (QED) is 0.425. The van der Waals surface area contributed by atoms with Gasteiger partial charge in [0.2, 0.25) is 11.4 Å². The number of carbonyl (C=O) groups excluding carboxylic acids is 2. The summed E-state index contributed by atoms with van der Waals surface area (Å²) in [7, 11) is 0. The Labute approximate surface area is 137 Å². The number of carbonyl (C=O) groups is 2. The lowest BCUT2D eigenvalue weighted by Gasteiger charge is -2.54. The molecule has 122 valence electrons. The molecule has 7 atom stereocenters. The van der Waals surface area contributed by atoms with Gasteiger partial charge in [0, 0.05) is 11.2 Å². The number of aliphatic hydroxyl groups is 1. The number of hydrogen-bond donors (Lipinski definition) is 2. The molecule has 0 radical (unpaired) electrons. The van der Waals surface area contributed by atoms with E-state index in [4.69, 9.17) is 9.47 Å². The summed E-state index contributed by atoms with van der Waals surface area (Å²) in [5, 5.41) is 14.4. The predicted octanol–water partition coefficient (Wildman–Crippen LogP) is 0.500. The lowest BCUT2D eigenvalue weighted by atomic mass is 9.64. The molecule has 3 aliphatic heterocycles. The lowest BCUT2D eigenvalue weighted by molar-refractivity contribution is -0.240. The van der Waals surface area contributed by atoms with Gasteiger partial charge in [-0.25, -0.2) is 4.79 Å². The van der Waals surface area contributed by atoms with E-state index in [9.17, 15) is 14.7 Å². The Hall–Kier alpha value is -0.660. The SMILES string of the molecule is C[C@@]12OC(=O)[C@]1(C(O)C1CCCC3OC31)NC(=O)[C@@H]2CCBr. The van der Waals surface area contributed by atoms with E-state index in [0.29, 0.717) is 11.8 Å². The number of esters is 1. The second kappa shape index (κ2) is 4.68. The number of amides is 1. The number of ether oxygens (including phenoxy) is 2. The highest BCUT2D eigenvalue weighted by molar-refractivity contribution is 9.09. The van der Waals surface area contributed by atoms with Crippen LogP contribution in [-0.2, 0) is 19.1 Å². The fraction of sp³-hybridized carbons (Fsp3) is 0.867. The number of halogens is 1. The minimum atomic E-state index is -1.31. The first kappa shape index (κ1) is 14.9. The molecule has 7 heteroatoms. The number of rotatable bonds is 4. The molecular formula is C15H20BrNO5. The Bertz CT molecular complexity index is 542. The van der Waals surface area contributed by atoms with Gasteiger partial charge in [0.1, 0.15) is 0 Å². The molecule has 0 aromatic rings. The molecule has 0 bridgehead atoms. The van der Waals surface area contributed by atoms with Gasteiger partial charge in [0.15, 0.2) is 5.60 Å². The monoisotopic (exact) mass is 373 g/mol. The molecule has 22 heavy (non-hydrogen) atoms. The molecule has 1 saturated carbocycles. The van der Waals surface area contributed by atoms with Gasteiger partial charge in [-0.05, 0) is 26.2 Å². The Morgan fingerprint density at radius 2 is 2.23 bits per heavy atom. The van der Waals surface area contributed by atoms with Crippen molar-refractivity contribution < 1.29 is 24.2 Å². The fourth-order valence-electron chi connectivity index (χ4n) is 4.71. The van der Waals surface area contributed by atoms with E-state index in [0.717, 1.165) is 19.3 Å². The van der Waals surface area contributed by atoms with Crippen LogP contribution >= 0.6 is 15.9 Å². The summed E-state index contributed by atoms with van der Waals surface area (Å²) in [5.74, 6) is -1.28. The van der Waals surface area contributed by atoms with E-state index in [-0.39, 0.29) is 24.0 Å². The highest BCUT2D eigenvalue weighted by Gasteiger charge is 2.80. The average molecular weight is 374 g/mol. The maximum absolute atomic E-state index is 12.4. The smallest absolute Gasteiger partial charge is 0.339 e. The molecule has 4 unspecified atom stereocenters. The molecule has 2 N–H and O–H groups in total. The van der Waals surface area contributed by atoms with Crippen molar-refractivity contribution in [1.29, 1.82) is 0 Å². The van der Waals surface area contributed by atoms with Crippen LogP contribution < -0.4 is 5.32 Å². The van der Waals surface area contributed by atoms with Crippen molar-refractivity contribution in [2.24, 2.45) is 11.8 Å². The van der Waals surface area contributed by atoms with Crippen LogP contribution in [0.3, 0.4) is 0 Å². The highest BCUT2D eigenvalue weighted by Crippen LogP contribution is 2.55. The molecule has 6 nitrogen and oxygen atoms in total. The van der Waals surface area contributed by atoms with Crippen LogP contribution in [0.2, 0.25) is 0 Å². The van der Waals surface area contributed by atoms with Crippen LogP contribution in [0.4, 0.5) is 0 Å². The van der Waals surface area contributed by atoms with Gasteiger partial charge < -0.3 is 19.9 Å². The third-order valence-electron chi connectivity index (χ3n) is 6.03. The molecule has 4 fully saturated rings. The third-order valence-corrected chi connectivity index (χ3v) is 6.49. The van der Waals surface area contributed by atoms with Gasteiger partial charge in [-0.2, -0.15) is 0 Å². The van der Waals surface area contributed by atoms with Crippen LogP contribution in [0.25, 0.3) is 0 Å². The number of alkyl halides is 1. The first-order chi connectivity index (χ1) is 10.5. The summed E-state index contributed by atoms with van der Waals surface area (Å²) in [6.45, 7) is 1.76. The van der Waals surface area contributed by atoms with Crippen molar-refractivity contribution in [2.45, 2.75) is 62.1 Å². The number of hydrogen-bond acceptors (Lipinski definition) is 5. The molecule has 0 aromatic heterocycles. The van der Waals surface area contributed by atoms with Crippen molar-refractivity contribution in [3.05, 3.63) is 0 Å². The third kappa shape index (κ3) is 1.62. The zero-order valence-corrected chi connectivity index (χ0v) is 14.0. The van der Waals surface area contributed by atoms with Crippen LogP contribution in [0, 0.1) is 11.8 Å². The van der Waals surface area contributed by atoms with E-state index in [1.807, 2.05) is 0 Å². The maximum atomic E-state index is 12.4. The predicted molar refractivity (Wildman–Crippen MR) is 79.3 cm³/mol. The largest absolute Gasteiger partial charge is 0.453 e. The van der Waals surface area contributed by atoms with E-state index in [2.05, 4.69) is 21.2 Å². The summed E-state index contributed by atoms with van der Waals surface area (Å²) in [6, 6.07) is 0. The molecule has 0 aromatic carbocycles. The first-order valence-corrected chi connectivity index (χ1v) is 9.03.